The molecule has 0 aromatic heterocycles. The third kappa shape index (κ3) is 2.09. The molecule has 0 spiro atoms. The molecule has 1 aliphatic carbocycles. The molecule has 1 rings (SSSR count). The molecule has 1 N–H and O–H groups in total. The molecule has 0 aromatic carbocycles. The van der Waals surface area contributed by atoms with E-state index in [9.17, 15) is 0 Å². The Hall–Kier alpha value is -0.980. The highest BCUT2D eigenvalue weighted by Crippen LogP contribution is 2.08. The second-order valence-corrected chi connectivity index (χ2v) is 2.52. The fraction of sp³-hybridized carbons (Fsp3) is 0.333. The zero-order chi connectivity index (χ0) is 7.40. The molecule has 1 nitrogen and oxygen atoms in total. The second-order valence-electron chi connectivity index (χ2n) is 2.52. The summed E-state index contributed by atoms with van der Waals surface area (Å²) in [5, 5.41) is 9.05. The molecule has 10 heavy (non-hydrogen) atoms. The largest absolute Gasteiger partial charge is 0.508 e. The summed E-state index contributed by atoms with van der Waals surface area (Å²) < 4.78 is 0. The van der Waals surface area contributed by atoms with Crippen LogP contribution in [0.5, 0.6) is 0 Å². The van der Waals surface area contributed by atoms with E-state index in [1.807, 2.05) is 6.08 Å². The number of hydrogen-bond donors (Lipinski definition) is 1. The van der Waals surface area contributed by atoms with Gasteiger partial charge >= 0.3 is 0 Å². The molecule has 0 fully saturated rings. The van der Waals surface area contributed by atoms with Gasteiger partial charge in [0.2, 0.25) is 0 Å². The number of aliphatic hydroxyl groups excluding tert-OH is 1. The zero-order valence-corrected chi connectivity index (χ0v) is 6.17. The van der Waals surface area contributed by atoms with Crippen LogP contribution in [0.25, 0.3) is 0 Å². The Morgan fingerprint density at radius 1 is 1.40 bits per heavy atom. The van der Waals surface area contributed by atoms with Gasteiger partial charge in [0, 0.05) is 0 Å². The van der Waals surface area contributed by atoms with Gasteiger partial charge < -0.3 is 5.11 Å². The Morgan fingerprint density at radius 3 is 3.00 bits per heavy atom. The number of hydrogen-bond acceptors (Lipinski definition) is 1. The van der Waals surface area contributed by atoms with Crippen molar-refractivity contribution in [3.8, 4) is 0 Å². The molecule has 0 aromatic rings. The maximum atomic E-state index is 9.05. The van der Waals surface area contributed by atoms with Crippen LogP contribution in [0.15, 0.2) is 35.6 Å². The van der Waals surface area contributed by atoms with Gasteiger partial charge in [-0.2, -0.15) is 0 Å². The predicted molar refractivity (Wildman–Crippen MR) is 42.8 cm³/mol. The topological polar surface area (TPSA) is 20.2 Å². The van der Waals surface area contributed by atoms with Crippen LogP contribution in [-0.4, -0.2) is 5.11 Å². The summed E-state index contributed by atoms with van der Waals surface area (Å²) in [6, 6.07) is 0. The molecule has 0 atom stereocenters. The third-order valence-corrected chi connectivity index (χ3v) is 1.52. The van der Waals surface area contributed by atoms with Crippen LogP contribution in [0.1, 0.15) is 19.8 Å². The minimum absolute atomic E-state index is 0.378. The molecule has 0 radical (unpaired) electrons. The van der Waals surface area contributed by atoms with Gasteiger partial charge in [-0.05, 0) is 31.9 Å². The Kier molecular flexibility index (Phi) is 2.32. The predicted octanol–water partition coefficient (Wildman–Crippen LogP) is 2.72. The quantitative estimate of drug-likeness (QED) is 0.507. The van der Waals surface area contributed by atoms with Crippen molar-refractivity contribution >= 4 is 0 Å². The lowest BCUT2D eigenvalue weighted by atomic mass is 10.1. The van der Waals surface area contributed by atoms with Crippen LogP contribution in [0.3, 0.4) is 0 Å². The van der Waals surface area contributed by atoms with Crippen LogP contribution in [0.4, 0.5) is 0 Å². The van der Waals surface area contributed by atoms with Crippen molar-refractivity contribution in [2.75, 3.05) is 0 Å². The summed E-state index contributed by atoms with van der Waals surface area (Å²) in [6.45, 7) is 2.10. The van der Waals surface area contributed by atoms with Gasteiger partial charge in [-0.3, -0.25) is 0 Å². The van der Waals surface area contributed by atoms with Crippen molar-refractivity contribution < 1.29 is 5.11 Å². The van der Waals surface area contributed by atoms with Crippen LogP contribution >= 0.6 is 0 Å². The first-order chi connectivity index (χ1) is 4.79. The lowest BCUT2D eigenvalue weighted by Gasteiger charge is -1.98. The molecule has 0 heterocycles. The summed E-state index contributed by atoms with van der Waals surface area (Å²) in [6.07, 6.45) is 9.45. The maximum absolute atomic E-state index is 9.05. The maximum Gasteiger partial charge on any atom is 0.111 e. The number of aliphatic hydroxyl groups is 1. The first-order valence-corrected chi connectivity index (χ1v) is 3.50. The van der Waals surface area contributed by atoms with E-state index in [1.54, 1.807) is 12.2 Å². The highest BCUT2D eigenvalue weighted by molar-refractivity contribution is 5.18. The first kappa shape index (κ1) is 7.13. The summed E-state index contributed by atoms with van der Waals surface area (Å²) >= 11 is 0. The fourth-order valence-electron chi connectivity index (χ4n) is 0.898. The second kappa shape index (κ2) is 3.25. The number of rotatable bonds is 0. The van der Waals surface area contributed by atoms with E-state index < -0.39 is 0 Å². The smallest absolute Gasteiger partial charge is 0.111 e. The summed E-state index contributed by atoms with van der Waals surface area (Å²) in [7, 11) is 0. The van der Waals surface area contributed by atoms with Crippen molar-refractivity contribution in [1.82, 2.24) is 0 Å². The minimum Gasteiger partial charge on any atom is -0.508 e. The zero-order valence-electron chi connectivity index (χ0n) is 6.17. The van der Waals surface area contributed by atoms with Crippen LogP contribution < -0.4 is 0 Å². The van der Waals surface area contributed by atoms with Gasteiger partial charge in [-0.15, -0.1) is 0 Å². The van der Waals surface area contributed by atoms with Crippen molar-refractivity contribution in [3.05, 3.63) is 35.6 Å². The monoisotopic (exact) mass is 136 g/mol. The lowest BCUT2D eigenvalue weighted by molar-refractivity contribution is 0.430. The van der Waals surface area contributed by atoms with Crippen molar-refractivity contribution in [2.24, 2.45) is 0 Å². The van der Waals surface area contributed by atoms with E-state index in [0.717, 1.165) is 12.8 Å². The Balaban J connectivity index is 2.70. The molecule has 0 saturated carbocycles. The highest BCUT2D eigenvalue weighted by Gasteiger charge is 1.90. The standard InChI is InChI=1S/C9H12O/c1-8-4-2-6-9(10)7-3-5-8/h2,5-7,10H,3-4H2,1H3/b6-2?,8-5-,9-7+. The molecule has 0 amide bonds. The van der Waals surface area contributed by atoms with Gasteiger partial charge in [0.15, 0.2) is 0 Å². The highest BCUT2D eigenvalue weighted by atomic mass is 16.3. The minimum atomic E-state index is 0.378. The first-order valence-electron chi connectivity index (χ1n) is 3.50. The Labute approximate surface area is 61.4 Å². The van der Waals surface area contributed by atoms with Gasteiger partial charge in [-0.25, -0.2) is 0 Å². The van der Waals surface area contributed by atoms with Gasteiger partial charge in [-0.1, -0.05) is 17.7 Å². The average Bonchev–Trinajstić information content (AvgIpc) is 1.84. The summed E-state index contributed by atoms with van der Waals surface area (Å²) in [5.74, 6) is 0.378. The number of allylic oxidation sites excluding steroid dienone is 5. The summed E-state index contributed by atoms with van der Waals surface area (Å²) in [4.78, 5) is 0. The van der Waals surface area contributed by atoms with E-state index in [-0.39, 0.29) is 0 Å². The van der Waals surface area contributed by atoms with Gasteiger partial charge in [0.25, 0.3) is 0 Å². The van der Waals surface area contributed by atoms with Crippen LogP contribution in [-0.2, 0) is 0 Å². The summed E-state index contributed by atoms with van der Waals surface area (Å²) in [5.41, 5.74) is 1.36. The fourth-order valence-corrected chi connectivity index (χ4v) is 0.898. The van der Waals surface area contributed by atoms with E-state index in [4.69, 9.17) is 5.11 Å². The van der Waals surface area contributed by atoms with Crippen LogP contribution in [0, 0.1) is 0 Å². The normalized spacial score (nSPS) is 29.3. The molecule has 0 bridgehead atoms. The van der Waals surface area contributed by atoms with E-state index in [2.05, 4.69) is 13.0 Å². The van der Waals surface area contributed by atoms with E-state index in [1.165, 1.54) is 5.57 Å². The molecule has 0 saturated heterocycles. The van der Waals surface area contributed by atoms with Crippen LogP contribution in [0.2, 0.25) is 0 Å². The molecule has 54 valence electrons. The molecule has 1 heteroatoms. The lowest BCUT2D eigenvalue weighted by Crippen LogP contribution is -1.80. The molecule has 0 unspecified atom stereocenters. The van der Waals surface area contributed by atoms with Crippen molar-refractivity contribution in [1.29, 1.82) is 0 Å². The molecular formula is C9H12O. The molecular weight excluding hydrogens is 124 g/mol. The van der Waals surface area contributed by atoms with Crippen molar-refractivity contribution in [2.45, 2.75) is 19.8 Å². The third-order valence-electron chi connectivity index (χ3n) is 1.52. The Bertz CT molecular complexity index is 197. The molecule has 1 aliphatic rings. The van der Waals surface area contributed by atoms with Crippen molar-refractivity contribution in [3.63, 3.8) is 0 Å². The van der Waals surface area contributed by atoms with Gasteiger partial charge in [0.1, 0.15) is 5.76 Å². The van der Waals surface area contributed by atoms with E-state index >= 15 is 0 Å². The Morgan fingerprint density at radius 2 is 2.20 bits per heavy atom. The van der Waals surface area contributed by atoms with Gasteiger partial charge in [0.05, 0.1) is 0 Å². The average molecular weight is 136 g/mol. The van der Waals surface area contributed by atoms with E-state index in [0.29, 0.717) is 5.76 Å². The SMILES string of the molecule is C/C1=C/C/C=C(/O)C=CC1. The molecule has 0 aliphatic heterocycles.